The highest BCUT2D eigenvalue weighted by atomic mass is 16.5. The van der Waals surface area contributed by atoms with Crippen LogP contribution in [0.2, 0.25) is 0 Å². The topological polar surface area (TPSA) is 68.6 Å². The van der Waals surface area contributed by atoms with Crippen LogP contribution in [0.1, 0.15) is 36.2 Å². The van der Waals surface area contributed by atoms with Crippen molar-refractivity contribution in [2.45, 2.75) is 31.8 Å². The summed E-state index contributed by atoms with van der Waals surface area (Å²) in [5.41, 5.74) is 0.584. The van der Waals surface area contributed by atoms with Gasteiger partial charge in [-0.25, -0.2) is 4.68 Å². The second-order valence-electron chi connectivity index (χ2n) is 8.08. The number of likely N-dealkylation sites (tertiary alicyclic amines) is 1. The molecule has 7 heteroatoms. The van der Waals surface area contributed by atoms with Gasteiger partial charge in [0.15, 0.2) is 0 Å². The molecule has 1 fully saturated rings. The highest BCUT2D eigenvalue weighted by Crippen LogP contribution is 2.27. The summed E-state index contributed by atoms with van der Waals surface area (Å²) in [5.74, 6) is 2.20. The predicted molar refractivity (Wildman–Crippen MR) is 124 cm³/mol. The zero-order chi connectivity index (χ0) is 22.3. The third-order valence-electron chi connectivity index (χ3n) is 5.97. The van der Waals surface area contributed by atoms with E-state index in [1.807, 2.05) is 41.1 Å². The molecule has 1 saturated heterocycles. The molecule has 1 aromatic heterocycles. The van der Waals surface area contributed by atoms with Crippen molar-refractivity contribution in [1.29, 1.82) is 0 Å². The van der Waals surface area contributed by atoms with Gasteiger partial charge in [0.2, 0.25) is 0 Å². The van der Waals surface area contributed by atoms with E-state index in [0.717, 1.165) is 43.2 Å². The van der Waals surface area contributed by atoms with Crippen LogP contribution >= 0.6 is 0 Å². The smallest absolute Gasteiger partial charge is 0.256 e. The van der Waals surface area contributed by atoms with Crippen LogP contribution in [0.5, 0.6) is 11.5 Å². The molecule has 1 aliphatic heterocycles. The Labute approximate surface area is 188 Å². The maximum absolute atomic E-state index is 12.7. The number of methoxy groups -OCH3 is 1. The molecule has 0 unspecified atom stereocenters. The van der Waals surface area contributed by atoms with E-state index in [0.29, 0.717) is 18.2 Å². The molecular weight excluding hydrogens is 404 g/mol. The van der Waals surface area contributed by atoms with Crippen LogP contribution in [-0.2, 0) is 0 Å². The minimum Gasteiger partial charge on any atom is -0.497 e. The number of ether oxygens (including phenoxy) is 2. The summed E-state index contributed by atoms with van der Waals surface area (Å²) in [6.07, 6.45) is 3.69. The van der Waals surface area contributed by atoms with Gasteiger partial charge in [0.1, 0.15) is 23.9 Å². The first-order chi connectivity index (χ1) is 15.6. The standard InChI is InChI=1S/C25H30N4O3/c1-19(18-32-23-6-4-3-5-7-23)28-16-13-21(14-17-28)29-24(12-15-26-29)27-25(30)20-8-10-22(31-2)11-9-20/h3-12,15,19,21H,13-14,16-18H2,1-2H3,(H,27,30)/t19-/m1/s1. The van der Waals surface area contributed by atoms with Gasteiger partial charge in [-0.1, -0.05) is 18.2 Å². The van der Waals surface area contributed by atoms with E-state index in [9.17, 15) is 4.79 Å². The van der Waals surface area contributed by atoms with Crippen LogP contribution in [0.15, 0.2) is 66.9 Å². The lowest BCUT2D eigenvalue weighted by Gasteiger charge is -2.36. The van der Waals surface area contributed by atoms with Crippen molar-refractivity contribution in [1.82, 2.24) is 14.7 Å². The van der Waals surface area contributed by atoms with Crippen molar-refractivity contribution in [3.05, 3.63) is 72.4 Å². The maximum Gasteiger partial charge on any atom is 0.256 e. The molecule has 1 amide bonds. The molecule has 0 saturated carbocycles. The third kappa shape index (κ3) is 5.29. The quantitative estimate of drug-likeness (QED) is 0.574. The molecule has 0 spiro atoms. The lowest BCUT2D eigenvalue weighted by Crippen LogP contribution is -2.43. The zero-order valence-electron chi connectivity index (χ0n) is 18.6. The first-order valence-electron chi connectivity index (χ1n) is 11.0. The van der Waals surface area contributed by atoms with E-state index in [4.69, 9.17) is 9.47 Å². The van der Waals surface area contributed by atoms with Crippen molar-refractivity contribution in [2.75, 3.05) is 32.1 Å². The van der Waals surface area contributed by atoms with Crippen molar-refractivity contribution in [3.63, 3.8) is 0 Å². The van der Waals surface area contributed by atoms with Gasteiger partial charge in [0, 0.05) is 30.8 Å². The number of rotatable bonds is 8. The Balaban J connectivity index is 1.30. The number of para-hydroxylation sites is 1. The van der Waals surface area contributed by atoms with Crippen LogP contribution < -0.4 is 14.8 Å². The molecule has 7 nitrogen and oxygen atoms in total. The number of carbonyl (C=O) groups is 1. The molecule has 0 bridgehead atoms. The molecule has 2 aromatic carbocycles. The summed E-state index contributed by atoms with van der Waals surface area (Å²) >= 11 is 0. The fourth-order valence-corrected chi connectivity index (χ4v) is 4.05. The van der Waals surface area contributed by atoms with E-state index in [2.05, 4.69) is 22.2 Å². The van der Waals surface area contributed by atoms with Gasteiger partial charge >= 0.3 is 0 Å². The summed E-state index contributed by atoms with van der Waals surface area (Å²) in [4.78, 5) is 15.1. The number of hydrogen-bond donors (Lipinski definition) is 1. The number of nitrogens with one attached hydrogen (secondary N) is 1. The number of carbonyl (C=O) groups excluding carboxylic acids is 1. The molecule has 0 aliphatic carbocycles. The van der Waals surface area contributed by atoms with Crippen LogP contribution in [-0.4, -0.2) is 53.4 Å². The molecule has 3 aromatic rings. The van der Waals surface area contributed by atoms with Crippen LogP contribution in [0.25, 0.3) is 0 Å². The van der Waals surface area contributed by atoms with Crippen molar-refractivity contribution in [2.24, 2.45) is 0 Å². The Morgan fingerprint density at radius 3 is 2.47 bits per heavy atom. The van der Waals surface area contributed by atoms with Crippen molar-refractivity contribution < 1.29 is 14.3 Å². The summed E-state index contributed by atoms with van der Waals surface area (Å²) < 4.78 is 13.0. The second-order valence-corrected chi connectivity index (χ2v) is 8.08. The fraction of sp³-hybridized carbons (Fsp3) is 0.360. The van der Waals surface area contributed by atoms with Crippen LogP contribution in [0.3, 0.4) is 0 Å². The Bertz CT molecular complexity index is 996. The van der Waals surface area contributed by atoms with E-state index in [1.54, 1.807) is 37.6 Å². The number of anilines is 1. The maximum atomic E-state index is 12.7. The Morgan fingerprint density at radius 1 is 1.06 bits per heavy atom. The summed E-state index contributed by atoms with van der Waals surface area (Å²) in [7, 11) is 1.61. The van der Waals surface area contributed by atoms with Gasteiger partial charge in [-0.2, -0.15) is 5.10 Å². The van der Waals surface area contributed by atoms with Gasteiger partial charge in [0.05, 0.1) is 19.3 Å². The average Bonchev–Trinajstić information content (AvgIpc) is 3.31. The van der Waals surface area contributed by atoms with Gasteiger partial charge in [-0.3, -0.25) is 9.69 Å². The first kappa shape index (κ1) is 21.9. The Kier molecular flexibility index (Phi) is 7.07. The van der Waals surface area contributed by atoms with E-state index < -0.39 is 0 Å². The van der Waals surface area contributed by atoms with Gasteiger partial charge in [0.25, 0.3) is 5.91 Å². The highest BCUT2D eigenvalue weighted by Gasteiger charge is 2.26. The third-order valence-corrected chi connectivity index (χ3v) is 5.97. The molecule has 1 atom stereocenters. The lowest BCUT2D eigenvalue weighted by molar-refractivity contribution is 0.101. The monoisotopic (exact) mass is 434 g/mol. The average molecular weight is 435 g/mol. The lowest BCUT2D eigenvalue weighted by atomic mass is 10.0. The normalized spacial score (nSPS) is 15.8. The summed E-state index contributed by atoms with van der Waals surface area (Å²) in [5, 5.41) is 7.50. The summed E-state index contributed by atoms with van der Waals surface area (Å²) in [6, 6.07) is 19.5. The molecule has 0 radical (unpaired) electrons. The fourth-order valence-electron chi connectivity index (χ4n) is 4.05. The highest BCUT2D eigenvalue weighted by molar-refractivity contribution is 6.03. The first-order valence-corrected chi connectivity index (χ1v) is 11.0. The molecule has 1 aliphatic rings. The van der Waals surface area contributed by atoms with Crippen molar-refractivity contribution >= 4 is 11.7 Å². The number of hydrogen-bond acceptors (Lipinski definition) is 5. The minimum absolute atomic E-state index is 0.154. The molecule has 168 valence electrons. The SMILES string of the molecule is COc1ccc(C(=O)Nc2ccnn2C2CCN([C@H](C)COc3ccccc3)CC2)cc1. The zero-order valence-corrected chi connectivity index (χ0v) is 18.6. The molecule has 2 heterocycles. The van der Waals surface area contributed by atoms with Gasteiger partial charge < -0.3 is 14.8 Å². The van der Waals surface area contributed by atoms with Gasteiger partial charge in [-0.15, -0.1) is 0 Å². The number of amides is 1. The van der Waals surface area contributed by atoms with Gasteiger partial charge in [-0.05, 0) is 56.2 Å². The van der Waals surface area contributed by atoms with Crippen LogP contribution in [0, 0.1) is 0 Å². The molecular formula is C25H30N4O3. The van der Waals surface area contributed by atoms with E-state index in [-0.39, 0.29) is 11.9 Å². The largest absolute Gasteiger partial charge is 0.497 e. The molecule has 32 heavy (non-hydrogen) atoms. The van der Waals surface area contributed by atoms with E-state index >= 15 is 0 Å². The number of nitrogens with zero attached hydrogens (tertiary/aromatic N) is 3. The molecule has 1 N–H and O–H groups in total. The number of benzene rings is 2. The minimum atomic E-state index is -0.154. The summed E-state index contributed by atoms with van der Waals surface area (Å²) in [6.45, 7) is 4.81. The molecule has 4 rings (SSSR count). The van der Waals surface area contributed by atoms with Crippen LogP contribution in [0.4, 0.5) is 5.82 Å². The second kappa shape index (κ2) is 10.3. The van der Waals surface area contributed by atoms with E-state index in [1.165, 1.54) is 0 Å². The predicted octanol–water partition coefficient (Wildman–Crippen LogP) is 4.25. The number of aromatic nitrogens is 2. The van der Waals surface area contributed by atoms with Crippen molar-refractivity contribution in [3.8, 4) is 11.5 Å². The number of piperidine rings is 1. The Morgan fingerprint density at radius 2 is 1.78 bits per heavy atom. The Hall–Kier alpha value is -3.32.